The molecule has 2 aliphatic heterocycles. The monoisotopic (exact) mass is 382 g/mol. The first-order chi connectivity index (χ1) is 13.7. The number of rotatable bonds is 5. The molecular formula is C19H26N8O. The molecule has 0 aliphatic carbocycles. The molecule has 4 heterocycles. The third-order valence-corrected chi connectivity index (χ3v) is 5.31. The molecule has 0 unspecified atom stereocenters. The minimum Gasteiger partial charge on any atom is -0.364 e. The third kappa shape index (κ3) is 4.19. The zero-order valence-corrected chi connectivity index (χ0v) is 15.9. The Balaban J connectivity index is 1.54. The molecule has 4 N–H and O–H groups in total. The highest BCUT2D eigenvalue weighted by Gasteiger charge is 2.20. The number of nitrogens with one attached hydrogen (secondary N) is 2. The Kier molecular flexibility index (Phi) is 5.61. The molecule has 4 rings (SSSR count). The van der Waals surface area contributed by atoms with Gasteiger partial charge in [-0.1, -0.05) is 0 Å². The van der Waals surface area contributed by atoms with E-state index in [0.717, 1.165) is 63.5 Å². The largest absolute Gasteiger partial charge is 0.364 e. The lowest BCUT2D eigenvalue weighted by molar-refractivity contribution is 0.0996. The Bertz CT molecular complexity index is 813. The van der Waals surface area contributed by atoms with E-state index in [4.69, 9.17) is 5.73 Å². The normalized spacial score (nSPS) is 18.1. The molecule has 2 saturated heterocycles. The summed E-state index contributed by atoms with van der Waals surface area (Å²) in [5, 5.41) is 6.47. The molecule has 2 fully saturated rings. The van der Waals surface area contributed by atoms with Crippen LogP contribution in [0.2, 0.25) is 0 Å². The molecule has 9 nitrogen and oxygen atoms in total. The smallest absolute Gasteiger partial charge is 0.271 e. The van der Waals surface area contributed by atoms with E-state index in [0.29, 0.717) is 17.4 Å². The second-order valence-corrected chi connectivity index (χ2v) is 7.32. The fraction of sp³-hybridized carbons (Fsp3) is 0.526. The van der Waals surface area contributed by atoms with Crippen LogP contribution in [0.3, 0.4) is 0 Å². The SMILES string of the molecule is NC(=O)c1ncc(N2CCCCC2)nc1Nc1cnc(C2CCNCC2)nc1. The summed E-state index contributed by atoms with van der Waals surface area (Å²) in [4.78, 5) is 31.9. The molecule has 0 radical (unpaired) electrons. The van der Waals surface area contributed by atoms with Crippen molar-refractivity contribution in [2.45, 2.75) is 38.0 Å². The van der Waals surface area contributed by atoms with Crippen LogP contribution in [0, 0.1) is 0 Å². The number of hydrogen-bond acceptors (Lipinski definition) is 8. The maximum Gasteiger partial charge on any atom is 0.271 e. The van der Waals surface area contributed by atoms with Gasteiger partial charge in [0.1, 0.15) is 11.6 Å². The summed E-state index contributed by atoms with van der Waals surface area (Å²) in [6.45, 7) is 3.87. The van der Waals surface area contributed by atoms with Crippen molar-refractivity contribution in [1.82, 2.24) is 25.3 Å². The Morgan fingerprint density at radius 1 is 1.07 bits per heavy atom. The first-order valence-corrected chi connectivity index (χ1v) is 9.92. The predicted molar refractivity (Wildman–Crippen MR) is 107 cm³/mol. The zero-order valence-electron chi connectivity index (χ0n) is 15.9. The van der Waals surface area contributed by atoms with Crippen molar-refractivity contribution >= 4 is 23.2 Å². The summed E-state index contributed by atoms with van der Waals surface area (Å²) in [7, 11) is 0. The van der Waals surface area contributed by atoms with Gasteiger partial charge in [-0.15, -0.1) is 0 Å². The third-order valence-electron chi connectivity index (χ3n) is 5.31. The Morgan fingerprint density at radius 3 is 2.46 bits per heavy atom. The molecule has 1 amide bonds. The van der Waals surface area contributed by atoms with E-state index in [2.05, 4.69) is 35.5 Å². The quantitative estimate of drug-likeness (QED) is 0.712. The molecule has 2 aliphatic rings. The van der Waals surface area contributed by atoms with E-state index in [9.17, 15) is 4.79 Å². The van der Waals surface area contributed by atoms with Crippen molar-refractivity contribution in [3.05, 3.63) is 30.1 Å². The molecule has 9 heteroatoms. The van der Waals surface area contributed by atoms with Crippen LogP contribution in [0.1, 0.15) is 54.3 Å². The average molecular weight is 382 g/mol. The number of carbonyl (C=O) groups excluding carboxylic acids is 1. The van der Waals surface area contributed by atoms with Crippen LogP contribution in [-0.4, -0.2) is 52.0 Å². The van der Waals surface area contributed by atoms with Crippen molar-refractivity contribution in [3.8, 4) is 0 Å². The number of nitrogens with zero attached hydrogens (tertiary/aromatic N) is 5. The van der Waals surface area contributed by atoms with Crippen LogP contribution >= 0.6 is 0 Å². The van der Waals surface area contributed by atoms with Gasteiger partial charge in [-0.2, -0.15) is 0 Å². The highest BCUT2D eigenvalue weighted by atomic mass is 16.1. The first-order valence-electron chi connectivity index (χ1n) is 9.92. The molecule has 28 heavy (non-hydrogen) atoms. The molecule has 2 aromatic heterocycles. The van der Waals surface area contributed by atoms with Gasteiger partial charge in [-0.25, -0.2) is 19.9 Å². The second kappa shape index (κ2) is 8.47. The van der Waals surface area contributed by atoms with Crippen LogP contribution in [-0.2, 0) is 0 Å². The number of nitrogens with two attached hydrogens (primary N) is 1. The number of aromatic nitrogens is 4. The first kappa shape index (κ1) is 18.5. The number of amides is 1. The molecular weight excluding hydrogens is 356 g/mol. The van der Waals surface area contributed by atoms with Crippen molar-refractivity contribution in [2.24, 2.45) is 5.73 Å². The Morgan fingerprint density at radius 2 is 1.79 bits per heavy atom. The number of carbonyl (C=O) groups is 1. The van der Waals surface area contributed by atoms with Gasteiger partial charge < -0.3 is 21.3 Å². The van der Waals surface area contributed by atoms with Crippen molar-refractivity contribution in [2.75, 3.05) is 36.4 Å². The maximum absolute atomic E-state index is 11.8. The van der Waals surface area contributed by atoms with Crippen LogP contribution in [0.4, 0.5) is 17.3 Å². The molecule has 0 bridgehead atoms. The fourth-order valence-corrected chi connectivity index (χ4v) is 3.75. The second-order valence-electron chi connectivity index (χ2n) is 7.32. The maximum atomic E-state index is 11.8. The van der Waals surface area contributed by atoms with Crippen molar-refractivity contribution in [3.63, 3.8) is 0 Å². The number of primary amides is 1. The molecule has 0 aromatic carbocycles. The topological polar surface area (TPSA) is 122 Å². The number of anilines is 3. The average Bonchev–Trinajstić information content (AvgIpc) is 2.75. The summed E-state index contributed by atoms with van der Waals surface area (Å²) in [6, 6.07) is 0. The zero-order chi connectivity index (χ0) is 19.3. The van der Waals surface area contributed by atoms with Gasteiger partial charge in [0, 0.05) is 19.0 Å². The molecule has 0 saturated carbocycles. The van der Waals surface area contributed by atoms with Crippen molar-refractivity contribution in [1.29, 1.82) is 0 Å². The van der Waals surface area contributed by atoms with Crippen molar-refractivity contribution < 1.29 is 4.79 Å². The van der Waals surface area contributed by atoms with Crippen LogP contribution in [0.5, 0.6) is 0 Å². The Labute approximate surface area is 164 Å². The van der Waals surface area contributed by atoms with Gasteiger partial charge >= 0.3 is 0 Å². The highest BCUT2D eigenvalue weighted by molar-refractivity contribution is 5.96. The minimum atomic E-state index is -0.618. The lowest BCUT2D eigenvalue weighted by Crippen LogP contribution is -2.31. The van der Waals surface area contributed by atoms with Crippen LogP contribution < -0.4 is 21.3 Å². The van der Waals surface area contributed by atoms with E-state index in [1.54, 1.807) is 18.6 Å². The van der Waals surface area contributed by atoms with E-state index in [-0.39, 0.29) is 5.69 Å². The van der Waals surface area contributed by atoms with Gasteiger partial charge in [0.2, 0.25) is 0 Å². The summed E-state index contributed by atoms with van der Waals surface area (Å²) >= 11 is 0. The van der Waals surface area contributed by atoms with E-state index >= 15 is 0 Å². The molecule has 148 valence electrons. The van der Waals surface area contributed by atoms with Crippen LogP contribution in [0.25, 0.3) is 0 Å². The van der Waals surface area contributed by atoms with Gasteiger partial charge in [-0.3, -0.25) is 4.79 Å². The van der Waals surface area contributed by atoms with Gasteiger partial charge in [0.25, 0.3) is 5.91 Å². The van der Waals surface area contributed by atoms with Gasteiger partial charge in [-0.05, 0) is 45.2 Å². The van der Waals surface area contributed by atoms with Crippen LogP contribution in [0.15, 0.2) is 18.6 Å². The minimum absolute atomic E-state index is 0.114. The molecule has 2 aromatic rings. The van der Waals surface area contributed by atoms with E-state index in [1.165, 1.54) is 6.42 Å². The van der Waals surface area contributed by atoms with Gasteiger partial charge in [0.15, 0.2) is 11.5 Å². The highest BCUT2D eigenvalue weighted by Crippen LogP contribution is 2.25. The summed E-state index contributed by atoms with van der Waals surface area (Å²) in [6.07, 6.45) is 10.7. The van der Waals surface area contributed by atoms with Gasteiger partial charge in [0.05, 0.1) is 24.3 Å². The number of piperidine rings is 2. The number of hydrogen-bond donors (Lipinski definition) is 3. The lowest BCUT2D eigenvalue weighted by atomic mass is 9.97. The molecule has 0 atom stereocenters. The standard InChI is InChI=1S/C19H26N8O/c20-17(28)16-19(26-15(12-22-16)27-8-2-1-3-9-27)25-14-10-23-18(24-11-14)13-4-6-21-7-5-13/h10-13,21H,1-9H2,(H2,20,28)(H,25,26). The predicted octanol–water partition coefficient (Wildman–Crippen LogP) is 1.57. The summed E-state index contributed by atoms with van der Waals surface area (Å²) in [5.41, 5.74) is 6.26. The lowest BCUT2D eigenvalue weighted by Gasteiger charge is -2.27. The fourth-order valence-electron chi connectivity index (χ4n) is 3.75. The summed E-state index contributed by atoms with van der Waals surface area (Å²) in [5.74, 6) is 1.72. The van der Waals surface area contributed by atoms with E-state index in [1.807, 2.05) is 0 Å². The van der Waals surface area contributed by atoms with E-state index < -0.39 is 5.91 Å². The molecule has 0 spiro atoms. The summed E-state index contributed by atoms with van der Waals surface area (Å²) < 4.78 is 0. The Hall–Kier alpha value is -2.81.